The summed E-state index contributed by atoms with van der Waals surface area (Å²) >= 11 is 0. The van der Waals surface area contributed by atoms with Gasteiger partial charge in [-0.25, -0.2) is 0 Å². The molecule has 1 N–H and O–H groups in total. The van der Waals surface area contributed by atoms with Crippen molar-refractivity contribution in [1.29, 1.82) is 0 Å². The molecule has 1 aromatic heterocycles. The minimum absolute atomic E-state index is 0.322. The van der Waals surface area contributed by atoms with E-state index in [2.05, 4.69) is 10.3 Å². The van der Waals surface area contributed by atoms with Gasteiger partial charge in [0.25, 0.3) is 0 Å². The maximum Gasteiger partial charge on any atom is 0.138 e. The van der Waals surface area contributed by atoms with E-state index in [1.807, 2.05) is 18.2 Å². The van der Waals surface area contributed by atoms with E-state index in [1.54, 1.807) is 6.20 Å². The molecule has 0 atom stereocenters. The quantitative estimate of drug-likeness (QED) is 0.844. The number of hydrogen-bond donors (Lipinski definition) is 1. The molecule has 0 saturated carbocycles. The number of nitrogens with zero attached hydrogens (tertiary/aromatic N) is 1. The zero-order valence-corrected chi connectivity index (χ0v) is 10.2. The van der Waals surface area contributed by atoms with E-state index in [1.165, 1.54) is 12.8 Å². The normalized spacial score (nSPS) is 16.9. The molecule has 1 saturated heterocycles. The van der Waals surface area contributed by atoms with E-state index in [9.17, 15) is 4.79 Å². The van der Waals surface area contributed by atoms with E-state index in [0.29, 0.717) is 18.6 Å². The maximum atomic E-state index is 11.8. The van der Waals surface area contributed by atoms with Crippen molar-refractivity contribution in [2.45, 2.75) is 32.1 Å². The van der Waals surface area contributed by atoms with E-state index in [0.717, 1.165) is 31.1 Å². The average molecular weight is 232 g/mol. The van der Waals surface area contributed by atoms with Crippen molar-refractivity contribution >= 4 is 5.78 Å². The Hall–Kier alpha value is -1.22. The number of piperidine rings is 1. The zero-order chi connectivity index (χ0) is 11.9. The van der Waals surface area contributed by atoms with Crippen LogP contribution in [0.2, 0.25) is 0 Å². The molecule has 0 radical (unpaired) electrons. The first kappa shape index (κ1) is 12.2. The van der Waals surface area contributed by atoms with Crippen molar-refractivity contribution in [2.24, 2.45) is 5.92 Å². The van der Waals surface area contributed by atoms with Crippen LogP contribution >= 0.6 is 0 Å². The van der Waals surface area contributed by atoms with Gasteiger partial charge in [-0.3, -0.25) is 9.78 Å². The van der Waals surface area contributed by atoms with Crippen LogP contribution in [0.3, 0.4) is 0 Å². The van der Waals surface area contributed by atoms with Crippen LogP contribution in [-0.4, -0.2) is 23.9 Å². The average Bonchev–Trinajstić information content (AvgIpc) is 2.39. The number of ketones is 1. The Bertz CT molecular complexity index is 344. The lowest BCUT2D eigenvalue weighted by Crippen LogP contribution is -2.28. The van der Waals surface area contributed by atoms with E-state index < -0.39 is 0 Å². The molecule has 2 rings (SSSR count). The van der Waals surface area contributed by atoms with Crippen molar-refractivity contribution in [2.75, 3.05) is 13.1 Å². The second-order valence-electron chi connectivity index (χ2n) is 4.77. The smallest absolute Gasteiger partial charge is 0.138 e. The highest BCUT2D eigenvalue weighted by molar-refractivity contribution is 5.80. The Labute approximate surface area is 103 Å². The van der Waals surface area contributed by atoms with Crippen molar-refractivity contribution in [3.05, 3.63) is 30.1 Å². The van der Waals surface area contributed by atoms with Crippen LogP contribution in [0.25, 0.3) is 0 Å². The summed E-state index contributed by atoms with van der Waals surface area (Å²) in [5.41, 5.74) is 0.891. The number of Topliss-reactive ketones (excluding diaryl/α,β-unsaturated/α-hetero) is 1. The lowest BCUT2D eigenvalue weighted by atomic mass is 9.92. The van der Waals surface area contributed by atoms with Gasteiger partial charge >= 0.3 is 0 Å². The fourth-order valence-corrected chi connectivity index (χ4v) is 2.33. The monoisotopic (exact) mass is 232 g/mol. The van der Waals surface area contributed by atoms with Crippen LogP contribution in [0.4, 0.5) is 0 Å². The van der Waals surface area contributed by atoms with Gasteiger partial charge in [0.05, 0.1) is 0 Å². The van der Waals surface area contributed by atoms with Crippen LogP contribution in [0.1, 0.15) is 31.4 Å². The molecular weight excluding hydrogens is 212 g/mol. The van der Waals surface area contributed by atoms with Crippen LogP contribution in [0, 0.1) is 5.92 Å². The van der Waals surface area contributed by atoms with Crippen LogP contribution in [-0.2, 0) is 11.2 Å². The summed E-state index contributed by atoms with van der Waals surface area (Å²) in [5, 5.41) is 3.35. The molecule has 0 bridgehead atoms. The Morgan fingerprint density at radius 2 is 2.18 bits per heavy atom. The molecule has 3 nitrogen and oxygen atoms in total. The molecule has 1 aliphatic rings. The molecule has 92 valence electrons. The summed E-state index contributed by atoms with van der Waals surface area (Å²) in [6.45, 7) is 2.22. The number of carbonyl (C=O) groups is 1. The number of pyridine rings is 1. The maximum absolute atomic E-state index is 11.8. The molecule has 1 aromatic rings. The van der Waals surface area contributed by atoms with Crippen molar-refractivity contribution in [1.82, 2.24) is 10.3 Å². The van der Waals surface area contributed by atoms with Gasteiger partial charge in [-0.05, 0) is 50.4 Å². The predicted molar refractivity (Wildman–Crippen MR) is 67.8 cm³/mol. The van der Waals surface area contributed by atoms with Crippen molar-refractivity contribution < 1.29 is 4.79 Å². The first-order valence-electron chi connectivity index (χ1n) is 6.47. The standard InChI is InChI=1S/C14H20N2O/c17-14(11-13-3-1-2-8-16-13)5-4-12-6-9-15-10-7-12/h1-3,8,12,15H,4-7,9-11H2. The van der Waals surface area contributed by atoms with Crippen molar-refractivity contribution in [3.8, 4) is 0 Å². The fraction of sp³-hybridized carbons (Fsp3) is 0.571. The SMILES string of the molecule is O=C(CCC1CCNCC1)Cc1ccccn1. The van der Waals surface area contributed by atoms with Gasteiger partial charge in [-0.1, -0.05) is 6.07 Å². The summed E-state index contributed by atoms with van der Waals surface area (Å²) in [7, 11) is 0. The Kier molecular flexibility index (Phi) is 4.68. The number of aromatic nitrogens is 1. The Balaban J connectivity index is 1.70. The number of nitrogens with one attached hydrogen (secondary N) is 1. The third-order valence-corrected chi connectivity index (χ3v) is 3.39. The zero-order valence-electron chi connectivity index (χ0n) is 10.2. The molecule has 0 aromatic carbocycles. The summed E-state index contributed by atoms with van der Waals surface area (Å²) in [4.78, 5) is 16.0. The highest BCUT2D eigenvalue weighted by atomic mass is 16.1. The van der Waals surface area contributed by atoms with E-state index in [-0.39, 0.29) is 0 Å². The van der Waals surface area contributed by atoms with Gasteiger partial charge in [-0.2, -0.15) is 0 Å². The van der Waals surface area contributed by atoms with Gasteiger partial charge in [0, 0.05) is 24.7 Å². The fourth-order valence-electron chi connectivity index (χ4n) is 2.33. The molecular formula is C14H20N2O. The number of carbonyl (C=O) groups excluding carboxylic acids is 1. The highest BCUT2D eigenvalue weighted by Gasteiger charge is 2.14. The molecule has 0 amide bonds. The summed E-state index contributed by atoms with van der Waals surface area (Å²) in [6, 6.07) is 5.73. The molecule has 0 spiro atoms. The summed E-state index contributed by atoms with van der Waals surface area (Å²) < 4.78 is 0. The molecule has 0 unspecified atom stereocenters. The van der Waals surface area contributed by atoms with Gasteiger partial charge in [-0.15, -0.1) is 0 Å². The second kappa shape index (κ2) is 6.50. The lowest BCUT2D eigenvalue weighted by Gasteiger charge is -2.21. The second-order valence-corrected chi connectivity index (χ2v) is 4.77. The third-order valence-electron chi connectivity index (χ3n) is 3.39. The van der Waals surface area contributed by atoms with Gasteiger partial charge in [0.15, 0.2) is 0 Å². The summed E-state index contributed by atoms with van der Waals surface area (Å²) in [5.74, 6) is 1.06. The van der Waals surface area contributed by atoms with Crippen LogP contribution in [0.15, 0.2) is 24.4 Å². The molecule has 1 aliphatic heterocycles. The minimum atomic E-state index is 0.322. The van der Waals surface area contributed by atoms with Crippen LogP contribution < -0.4 is 5.32 Å². The Morgan fingerprint density at radius 3 is 2.88 bits per heavy atom. The largest absolute Gasteiger partial charge is 0.317 e. The highest BCUT2D eigenvalue weighted by Crippen LogP contribution is 2.18. The Morgan fingerprint density at radius 1 is 1.35 bits per heavy atom. The number of hydrogen-bond acceptors (Lipinski definition) is 3. The molecule has 0 aliphatic carbocycles. The molecule has 3 heteroatoms. The molecule has 2 heterocycles. The predicted octanol–water partition coefficient (Wildman–Crippen LogP) is 1.97. The third kappa shape index (κ3) is 4.27. The molecule has 1 fully saturated rings. The minimum Gasteiger partial charge on any atom is -0.317 e. The topological polar surface area (TPSA) is 42.0 Å². The van der Waals surface area contributed by atoms with Crippen molar-refractivity contribution in [3.63, 3.8) is 0 Å². The number of rotatable bonds is 5. The molecule has 17 heavy (non-hydrogen) atoms. The van der Waals surface area contributed by atoms with Gasteiger partial charge in [0.1, 0.15) is 5.78 Å². The first-order chi connectivity index (χ1) is 8.34. The first-order valence-corrected chi connectivity index (χ1v) is 6.47. The van der Waals surface area contributed by atoms with Crippen LogP contribution in [0.5, 0.6) is 0 Å². The van der Waals surface area contributed by atoms with E-state index in [4.69, 9.17) is 0 Å². The summed E-state index contributed by atoms with van der Waals surface area (Å²) in [6.07, 6.45) is 6.43. The van der Waals surface area contributed by atoms with E-state index >= 15 is 0 Å². The van der Waals surface area contributed by atoms with Gasteiger partial charge in [0.2, 0.25) is 0 Å². The lowest BCUT2D eigenvalue weighted by molar-refractivity contribution is -0.118. The van der Waals surface area contributed by atoms with Gasteiger partial charge < -0.3 is 5.32 Å².